The predicted molar refractivity (Wildman–Crippen MR) is 108 cm³/mol. The number of carbonyl (C=O) groups is 1. The van der Waals surface area contributed by atoms with Gasteiger partial charge in [-0.05, 0) is 42.8 Å². The van der Waals surface area contributed by atoms with E-state index in [4.69, 9.17) is 0 Å². The number of amides is 1. The van der Waals surface area contributed by atoms with E-state index in [1.807, 2.05) is 68.4 Å². The highest BCUT2D eigenvalue weighted by Crippen LogP contribution is 2.26. The number of carbonyl (C=O) groups excluding carboxylic acids is 1. The fraction of sp³-hybridized carbons (Fsp3) is 0.143. The molecule has 4 nitrogen and oxygen atoms in total. The van der Waals surface area contributed by atoms with Crippen LogP contribution in [-0.2, 0) is 4.79 Å². The van der Waals surface area contributed by atoms with E-state index >= 15 is 0 Å². The van der Waals surface area contributed by atoms with Gasteiger partial charge in [-0.1, -0.05) is 48.0 Å². The first-order valence-electron chi connectivity index (χ1n) is 8.31. The number of phenolic OH excluding ortho intramolecular Hbond substituents is 1. The van der Waals surface area contributed by atoms with Crippen molar-refractivity contribution in [2.75, 3.05) is 0 Å². The molecule has 0 aliphatic rings. The van der Waals surface area contributed by atoms with Crippen molar-refractivity contribution >= 4 is 34.7 Å². The molecule has 132 valence electrons. The van der Waals surface area contributed by atoms with Crippen molar-refractivity contribution < 1.29 is 9.90 Å². The van der Waals surface area contributed by atoms with E-state index < -0.39 is 0 Å². The second-order valence-electron chi connectivity index (χ2n) is 6.03. The fourth-order valence-electron chi connectivity index (χ4n) is 2.55. The summed E-state index contributed by atoms with van der Waals surface area (Å²) < 4.78 is 0. The highest BCUT2D eigenvalue weighted by molar-refractivity contribution is 8.00. The Bertz CT molecular complexity index is 952. The minimum atomic E-state index is -0.282. The standard InChI is InChI=1S/C21H20N2O2S/c1-14-7-10-17(11-8-14)26-15(2)21(25)23-22-13-19-18-6-4-3-5-16(18)9-12-20(19)24/h3-13,15,24H,1-2H3,(H,23,25)/b22-13-/t15-/m1/s1. The van der Waals surface area contributed by atoms with Crippen LogP contribution in [0, 0.1) is 6.92 Å². The number of nitrogens with one attached hydrogen (secondary N) is 1. The third kappa shape index (κ3) is 4.24. The first-order valence-corrected chi connectivity index (χ1v) is 9.19. The summed E-state index contributed by atoms with van der Waals surface area (Å²) in [6.07, 6.45) is 1.48. The Morgan fingerprint density at radius 2 is 1.85 bits per heavy atom. The highest BCUT2D eigenvalue weighted by atomic mass is 32.2. The van der Waals surface area contributed by atoms with Crippen LogP contribution >= 0.6 is 11.8 Å². The van der Waals surface area contributed by atoms with Gasteiger partial charge in [-0.25, -0.2) is 5.43 Å². The van der Waals surface area contributed by atoms with E-state index in [0.717, 1.165) is 15.7 Å². The van der Waals surface area contributed by atoms with Gasteiger partial charge in [0.05, 0.1) is 11.5 Å². The van der Waals surface area contributed by atoms with E-state index in [-0.39, 0.29) is 16.9 Å². The quantitative estimate of drug-likeness (QED) is 0.398. The number of nitrogens with zero attached hydrogens (tertiary/aromatic N) is 1. The number of hydrogen-bond donors (Lipinski definition) is 2. The molecule has 0 saturated heterocycles. The molecule has 0 fully saturated rings. The normalized spacial score (nSPS) is 12.4. The molecule has 2 N–H and O–H groups in total. The summed E-state index contributed by atoms with van der Waals surface area (Å²) >= 11 is 1.48. The van der Waals surface area contributed by atoms with Crippen molar-refractivity contribution in [2.24, 2.45) is 5.10 Å². The number of fused-ring (bicyclic) bond motifs is 1. The average Bonchev–Trinajstić information content (AvgIpc) is 2.65. The summed E-state index contributed by atoms with van der Waals surface area (Å²) in [5, 5.41) is 15.7. The smallest absolute Gasteiger partial charge is 0.253 e. The first-order chi connectivity index (χ1) is 12.5. The summed E-state index contributed by atoms with van der Waals surface area (Å²) in [4.78, 5) is 13.3. The lowest BCUT2D eigenvalue weighted by molar-refractivity contribution is -0.120. The number of aromatic hydroxyl groups is 1. The van der Waals surface area contributed by atoms with Gasteiger partial charge < -0.3 is 5.11 Å². The summed E-state index contributed by atoms with van der Waals surface area (Å²) in [6.45, 7) is 3.87. The van der Waals surface area contributed by atoms with Crippen LogP contribution in [-0.4, -0.2) is 22.5 Å². The molecular formula is C21H20N2O2S. The van der Waals surface area contributed by atoms with Crippen LogP contribution in [0.4, 0.5) is 0 Å². The molecule has 0 aliphatic heterocycles. The summed E-state index contributed by atoms with van der Waals surface area (Å²) in [7, 11) is 0. The van der Waals surface area contributed by atoms with Gasteiger partial charge in [-0.2, -0.15) is 5.10 Å². The second-order valence-corrected chi connectivity index (χ2v) is 7.44. The van der Waals surface area contributed by atoms with Crippen molar-refractivity contribution in [2.45, 2.75) is 24.0 Å². The average molecular weight is 364 g/mol. The maximum atomic E-state index is 12.2. The molecule has 0 bridgehead atoms. The fourth-order valence-corrected chi connectivity index (χ4v) is 3.41. The second kappa shape index (κ2) is 8.06. The van der Waals surface area contributed by atoms with Crippen LogP contribution in [0.3, 0.4) is 0 Å². The van der Waals surface area contributed by atoms with Gasteiger partial charge in [0.25, 0.3) is 5.91 Å². The molecule has 3 aromatic rings. The highest BCUT2D eigenvalue weighted by Gasteiger charge is 2.13. The van der Waals surface area contributed by atoms with Crippen molar-refractivity contribution in [1.82, 2.24) is 5.43 Å². The number of phenols is 1. The van der Waals surface area contributed by atoms with Crippen LogP contribution in [0.5, 0.6) is 5.75 Å². The molecule has 0 unspecified atom stereocenters. The van der Waals surface area contributed by atoms with Gasteiger partial charge in [0.1, 0.15) is 5.75 Å². The number of thioether (sulfide) groups is 1. The number of benzene rings is 3. The lowest BCUT2D eigenvalue weighted by Gasteiger charge is -2.10. The predicted octanol–water partition coefficient (Wildman–Crippen LogP) is 4.48. The van der Waals surface area contributed by atoms with Crippen LogP contribution in [0.1, 0.15) is 18.1 Å². The van der Waals surface area contributed by atoms with Crippen molar-refractivity contribution in [3.8, 4) is 5.75 Å². The molecule has 0 aromatic heterocycles. The number of hydrazone groups is 1. The molecule has 1 atom stereocenters. The first kappa shape index (κ1) is 18.0. The zero-order valence-electron chi connectivity index (χ0n) is 14.6. The van der Waals surface area contributed by atoms with Crippen molar-refractivity contribution in [1.29, 1.82) is 0 Å². The van der Waals surface area contributed by atoms with Crippen molar-refractivity contribution in [3.63, 3.8) is 0 Å². The van der Waals surface area contributed by atoms with Gasteiger partial charge >= 0.3 is 0 Å². The molecule has 0 saturated carbocycles. The minimum absolute atomic E-state index is 0.128. The Morgan fingerprint density at radius 3 is 2.62 bits per heavy atom. The number of aryl methyl sites for hydroxylation is 1. The molecular weight excluding hydrogens is 344 g/mol. The minimum Gasteiger partial charge on any atom is -0.507 e. The summed E-state index contributed by atoms with van der Waals surface area (Å²) in [6, 6.07) is 19.2. The molecule has 0 heterocycles. The van der Waals surface area contributed by atoms with Crippen LogP contribution < -0.4 is 5.43 Å². The Labute approximate surface area is 156 Å². The van der Waals surface area contributed by atoms with E-state index in [0.29, 0.717) is 5.56 Å². The summed E-state index contributed by atoms with van der Waals surface area (Å²) in [5.74, 6) is -0.0599. The maximum Gasteiger partial charge on any atom is 0.253 e. The molecule has 5 heteroatoms. The molecule has 1 amide bonds. The Kier molecular flexibility index (Phi) is 5.58. The third-order valence-electron chi connectivity index (χ3n) is 4.02. The topological polar surface area (TPSA) is 61.7 Å². The zero-order chi connectivity index (χ0) is 18.5. The maximum absolute atomic E-state index is 12.2. The number of rotatable bonds is 5. The third-order valence-corrected chi connectivity index (χ3v) is 5.13. The monoisotopic (exact) mass is 364 g/mol. The molecule has 0 spiro atoms. The largest absolute Gasteiger partial charge is 0.507 e. The van der Waals surface area contributed by atoms with Crippen LogP contribution in [0.2, 0.25) is 0 Å². The van der Waals surface area contributed by atoms with Gasteiger partial charge in [-0.15, -0.1) is 11.8 Å². The van der Waals surface area contributed by atoms with E-state index in [1.165, 1.54) is 23.5 Å². The van der Waals surface area contributed by atoms with Crippen LogP contribution in [0.25, 0.3) is 10.8 Å². The molecule has 3 aromatic carbocycles. The molecule has 0 aliphatic carbocycles. The Hall–Kier alpha value is -2.79. The number of hydrogen-bond acceptors (Lipinski definition) is 4. The van der Waals surface area contributed by atoms with Gasteiger partial charge in [-0.3, -0.25) is 4.79 Å². The SMILES string of the molecule is Cc1ccc(S[C@H](C)C(=O)N/N=C\c2c(O)ccc3ccccc23)cc1. The lowest BCUT2D eigenvalue weighted by atomic mass is 10.0. The Morgan fingerprint density at radius 1 is 1.12 bits per heavy atom. The van der Waals surface area contributed by atoms with Crippen molar-refractivity contribution in [3.05, 3.63) is 71.8 Å². The Balaban J connectivity index is 1.67. The van der Waals surface area contributed by atoms with Gasteiger partial charge in [0, 0.05) is 10.5 Å². The van der Waals surface area contributed by atoms with E-state index in [1.54, 1.807) is 6.07 Å². The van der Waals surface area contributed by atoms with Gasteiger partial charge in [0.2, 0.25) is 0 Å². The van der Waals surface area contributed by atoms with Gasteiger partial charge in [0.15, 0.2) is 0 Å². The zero-order valence-corrected chi connectivity index (χ0v) is 15.5. The van der Waals surface area contributed by atoms with E-state index in [9.17, 15) is 9.90 Å². The molecule has 0 radical (unpaired) electrons. The van der Waals surface area contributed by atoms with E-state index in [2.05, 4.69) is 10.5 Å². The summed E-state index contributed by atoms with van der Waals surface area (Å²) in [5.41, 5.74) is 4.32. The lowest BCUT2D eigenvalue weighted by Crippen LogP contribution is -2.26. The molecule has 3 rings (SSSR count). The molecule has 26 heavy (non-hydrogen) atoms. The van der Waals surface area contributed by atoms with Crippen LogP contribution in [0.15, 0.2) is 70.7 Å².